The van der Waals surface area contributed by atoms with E-state index in [-0.39, 0.29) is 13.2 Å². The first kappa shape index (κ1) is 37.7. The number of phosphoric ester groups is 1. The van der Waals surface area contributed by atoms with E-state index in [4.69, 9.17) is 18.5 Å². The maximum Gasteiger partial charge on any atom is 0.472 e. The van der Waals surface area contributed by atoms with Crippen LogP contribution >= 0.6 is 7.82 Å². The lowest BCUT2D eigenvalue weighted by molar-refractivity contribution is -0.870. The molecule has 0 aromatic rings. The van der Waals surface area contributed by atoms with Crippen molar-refractivity contribution >= 4 is 7.82 Å². The number of likely N-dealkylation sites (N-methyl/N-ethyl adjacent to an activating group) is 1. The Hall–Kier alpha value is -0.270. The molecule has 0 aliphatic carbocycles. The number of rotatable bonds is 29. The topological polar surface area (TPSA) is 74.2 Å². The molecule has 0 amide bonds. The molecule has 1 N–H and O–H groups in total. The van der Waals surface area contributed by atoms with E-state index in [2.05, 4.69) is 19.1 Å². The number of unbranched alkanes of at least 4 members (excludes halogenated alkanes) is 15. The quantitative estimate of drug-likeness (QED) is 0.0429. The number of phosphoric acid groups is 1. The van der Waals surface area contributed by atoms with Crippen LogP contribution in [-0.4, -0.2) is 76.7 Å². The lowest BCUT2D eigenvalue weighted by Crippen LogP contribution is -2.37. The first-order valence-electron chi connectivity index (χ1n) is 15.4. The van der Waals surface area contributed by atoms with E-state index in [0.717, 1.165) is 19.3 Å². The van der Waals surface area contributed by atoms with E-state index >= 15 is 0 Å². The number of methoxy groups -OCH3 is 1. The summed E-state index contributed by atoms with van der Waals surface area (Å²) < 4.78 is 33.7. The highest BCUT2D eigenvalue weighted by molar-refractivity contribution is 7.47. The Balaban J connectivity index is 3.51. The summed E-state index contributed by atoms with van der Waals surface area (Å²) in [5, 5.41) is 0. The summed E-state index contributed by atoms with van der Waals surface area (Å²) in [7, 11) is 3.43. The zero-order chi connectivity index (χ0) is 28.4. The summed E-state index contributed by atoms with van der Waals surface area (Å²) >= 11 is 0. The van der Waals surface area contributed by atoms with Crippen molar-refractivity contribution in [2.75, 3.05) is 61.2 Å². The van der Waals surface area contributed by atoms with Gasteiger partial charge in [-0.25, -0.2) is 4.57 Å². The van der Waals surface area contributed by atoms with Gasteiger partial charge in [0.05, 0.1) is 34.4 Å². The number of nitrogens with zero attached hydrogens (tertiary/aromatic N) is 1. The monoisotopic (exact) mass is 564 g/mol. The second-order valence-electron chi connectivity index (χ2n) is 11.5. The summed E-state index contributed by atoms with van der Waals surface area (Å²) in [6.45, 7) is 3.98. The lowest BCUT2D eigenvalue weighted by atomic mass is 10.0. The molecule has 0 heterocycles. The van der Waals surface area contributed by atoms with Crippen LogP contribution in [0.15, 0.2) is 12.2 Å². The number of hydrogen-bond donors (Lipinski definition) is 1. The highest BCUT2D eigenvalue weighted by Crippen LogP contribution is 2.43. The normalized spacial score (nSPS) is 14.8. The molecule has 0 radical (unpaired) electrons. The zero-order valence-corrected chi connectivity index (χ0v) is 26.6. The van der Waals surface area contributed by atoms with Crippen molar-refractivity contribution in [3.8, 4) is 0 Å². The summed E-state index contributed by atoms with van der Waals surface area (Å²) in [4.78, 5) is 9.80. The van der Waals surface area contributed by atoms with Crippen molar-refractivity contribution in [2.45, 2.75) is 122 Å². The van der Waals surface area contributed by atoms with Crippen LogP contribution in [0.2, 0.25) is 0 Å². The fourth-order valence-electron chi connectivity index (χ4n) is 4.03. The van der Waals surface area contributed by atoms with Gasteiger partial charge >= 0.3 is 7.82 Å². The Morgan fingerprint density at radius 2 is 1.21 bits per heavy atom. The minimum absolute atomic E-state index is 0.0430. The van der Waals surface area contributed by atoms with Gasteiger partial charge in [0.25, 0.3) is 0 Å². The van der Waals surface area contributed by atoms with Gasteiger partial charge in [0.2, 0.25) is 0 Å². The minimum Gasteiger partial charge on any atom is -0.379 e. The Labute approximate surface area is 235 Å². The van der Waals surface area contributed by atoms with Crippen molar-refractivity contribution in [2.24, 2.45) is 0 Å². The van der Waals surface area contributed by atoms with E-state index < -0.39 is 13.9 Å². The molecule has 1 unspecified atom stereocenters. The maximum absolute atomic E-state index is 12.0. The molecule has 0 aromatic carbocycles. The van der Waals surface area contributed by atoms with E-state index in [1.165, 1.54) is 89.9 Å². The third-order valence-corrected chi connectivity index (χ3v) is 7.61. The summed E-state index contributed by atoms with van der Waals surface area (Å²) in [5.41, 5.74) is 0. The fourth-order valence-corrected chi connectivity index (χ4v) is 4.77. The molecule has 0 aliphatic rings. The number of hydrogen-bond acceptors (Lipinski definition) is 5. The van der Waals surface area contributed by atoms with Crippen LogP contribution in [0.5, 0.6) is 0 Å². The molecule has 7 nitrogen and oxygen atoms in total. The lowest BCUT2D eigenvalue weighted by Gasteiger charge is -2.24. The molecule has 0 fully saturated rings. The van der Waals surface area contributed by atoms with Crippen molar-refractivity contribution in [1.82, 2.24) is 0 Å². The molecular formula is C30H63NO6P+. The SMILES string of the molecule is CCCCCCCCCCCCCCC=CCCCCCOC[C@H](COP(=O)(O)OCC[N+](C)(C)C)OC. The van der Waals surface area contributed by atoms with Crippen LogP contribution in [0.3, 0.4) is 0 Å². The molecule has 0 bridgehead atoms. The number of quaternary nitrogens is 1. The first-order chi connectivity index (χ1) is 18.2. The predicted octanol–water partition coefficient (Wildman–Crippen LogP) is 8.07. The second kappa shape index (κ2) is 25.7. The molecule has 0 aliphatic heterocycles. The standard InChI is InChI=1S/C30H62NO6P/c1-6-7-8-9-10-11-12-13-14-15-16-17-18-19-20-21-22-23-24-26-35-28-30(34-5)29-37-38(32,33)36-27-25-31(2,3)4/h19-20,30H,6-18,21-29H2,1-5H3/p+1/t30-/m1/s1. The van der Waals surface area contributed by atoms with Gasteiger partial charge in [-0.15, -0.1) is 0 Å². The van der Waals surface area contributed by atoms with Crippen molar-refractivity contribution < 1.29 is 32.5 Å². The first-order valence-corrected chi connectivity index (χ1v) is 16.9. The molecule has 228 valence electrons. The van der Waals surface area contributed by atoms with E-state index in [1.807, 2.05) is 21.1 Å². The Morgan fingerprint density at radius 1 is 0.711 bits per heavy atom. The molecular weight excluding hydrogens is 501 g/mol. The fraction of sp³-hybridized carbons (Fsp3) is 0.933. The molecule has 0 saturated heterocycles. The molecule has 0 aromatic heterocycles. The molecule has 0 rings (SSSR count). The van der Waals surface area contributed by atoms with Crippen LogP contribution in [-0.2, 0) is 23.1 Å². The molecule has 2 atom stereocenters. The number of ether oxygens (including phenoxy) is 2. The largest absolute Gasteiger partial charge is 0.472 e. The third-order valence-electron chi connectivity index (χ3n) is 6.63. The second-order valence-corrected chi connectivity index (χ2v) is 13.0. The van der Waals surface area contributed by atoms with Crippen LogP contribution in [0, 0.1) is 0 Å². The van der Waals surface area contributed by atoms with Crippen LogP contribution in [0.1, 0.15) is 116 Å². The van der Waals surface area contributed by atoms with Gasteiger partial charge in [0.1, 0.15) is 19.3 Å². The maximum atomic E-state index is 12.0. The van der Waals surface area contributed by atoms with Gasteiger partial charge in [-0.3, -0.25) is 9.05 Å². The molecule has 8 heteroatoms. The van der Waals surface area contributed by atoms with Crippen molar-refractivity contribution in [1.29, 1.82) is 0 Å². The highest BCUT2D eigenvalue weighted by Gasteiger charge is 2.24. The average Bonchev–Trinajstić information content (AvgIpc) is 2.85. The summed E-state index contributed by atoms with van der Waals surface area (Å²) in [6, 6.07) is 0. The van der Waals surface area contributed by atoms with Gasteiger partial charge in [0, 0.05) is 13.7 Å². The van der Waals surface area contributed by atoms with E-state index in [9.17, 15) is 9.46 Å². The highest BCUT2D eigenvalue weighted by atomic mass is 31.2. The van der Waals surface area contributed by atoms with Gasteiger partial charge in [-0.05, 0) is 32.1 Å². The van der Waals surface area contributed by atoms with Crippen LogP contribution in [0.4, 0.5) is 0 Å². The minimum atomic E-state index is -4.08. The summed E-state index contributed by atoms with van der Waals surface area (Å²) in [6.07, 6.45) is 26.7. The van der Waals surface area contributed by atoms with Gasteiger partial charge < -0.3 is 18.9 Å². The zero-order valence-electron chi connectivity index (χ0n) is 25.7. The Bertz CT molecular complexity index is 582. The van der Waals surface area contributed by atoms with E-state index in [0.29, 0.717) is 24.2 Å². The van der Waals surface area contributed by atoms with Gasteiger partial charge in [0.15, 0.2) is 0 Å². The summed E-state index contributed by atoms with van der Waals surface area (Å²) in [5.74, 6) is 0. The van der Waals surface area contributed by atoms with E-state index in [1.54, 1.807) is 7.11 Å². The molecule has 0 spiro atoms. The molecule has 38 heavy (non-hydrogen) atoms. The third kappa shape index (κ3) is 28.7. The van der Waals surface area contributed by atoms with Crippen LogP contribution in [0.25, 0.3) is 0 Å². The smallest absolute Gasteiger partial charge is 0.379 e. The Morgan fingerprint density at radius 3 is 1.71 bits per heavy atom. The van der Waals surface area contributed by atoms with Crippen molar-refractivity contribution in [3.05, 3.63) is 12.2 Å². The Kier molecular flexibility index (Phi) is 25.5. The number of allylic oxidation sites excluding steroid dienone is 2. The van der Waals surface area contributed by atoms with Crippen LogP contribution < -0.4 is 0 Å². The van der Waals surface area contributed by atoms with Gasteiger partial charge in [-0.2, -0.15) is 0 Å². The van der Waals surface area contributed by atoms with Crippen molar-refractivity contribution in [3.63, 3.8) is 0 Å². The average molecular weight is 565 g/mol. The molecule has 0 saturated carbocycles. The predicted molar refractivity (Wildman–Crippen MR) is 160 cm³/mol. The van der Waals surface area contributed by atoms with Gasteiger partial charge in [-0.1, -0.05) is 96.1 Å².